The Bertz CT molecular complexity index is 1300. The van der Waals surface area contributed by atoms with Gasteiger partial charge in [-0.3, -0.25) is 0 Å². The number of carbonyl (C=O) groups excluding carboxylic acids is 2. The standard InChI is InChI=1S/C25H24N2O4/c1-15(27-31-21(28)14-26-24(29)30-25(2,3)4)19-12-10-18-9-8-16-6-5-7-17-11-13-20(19)23(18)22(16)17/h5-13H,14H2,1-4H3,(H,26,29)/b27-15+. The highest BCUT2D eigenvalue weighted by atomic mass is 16.7. The molecule has 4 rings (SSSR count). The molecule has 0 fully saturated rings. The van der Waals surface area contributed by atoms with Crippen molar-refractivity contribution < 1.29 is 19.2 Å². The van der Waals surface area contributed by atoms with Crippen LogP contribution in [-0.2, 0) is 14.4 Å². The Balaban J connectivity index is 1.56. The Morgan fingerprint density at radius 1 is 0.903 bits per heavy atom. The molecule has 6 heteroatoms. The lowest BCUT2D eigenvalue weighted by Crippen LogP contribution is -2.35. The molecule has 0 atom stereocenters. The highest BCUT2D eigenvalue weighted by Crippen LogP contribution is 2.36. The van der Waals surface area contributed by atoms with Crippen molar-refractivity contribution in [3.05, 3.63) is 60.2 Å². The fourth-order valence-electron chi connectivity index (χ4n) is 3.71. The molecule has 0 saturated carbocycles. The van der Waals surface area contributed by atoms with E-state index in [1.165, 1.54) is 21.5 Å². The van der Waals surface area contributed by atoms with E-state index in [0.717, 1.165) is 16.3 Å². The van der Waals surface area contributed by atoms with Crippen molar-refractivity contribution in [1.29, 1.82) is 0 Å². The minimum atomic E-state index is -0.683. The number of benzene rings is 4. The van der Waals surface area contributed by atoms with Crippen LogP contribution in [-0.4, -0.2) is 29.9 Å². The highest BCUT2D eigenvalue weighted by Gasteiger charge is 2.17. The number of oxime groups is 1. The molecular weight excluding hydrogens is 392 g/mol. The van der Waals surface area contributed by atoms with E-state index in [-0.39, 0.29) is 6.54 Å². The van der Waals surface area contributed by atoms with Crippen molar-refractivity contribution in [3.8, 4) is 0 Å². The number of nitrogens with zero attached hydrogens (tertiary/aromatic N) is 1. The molecule has 4 aromatic rings. The molecule has 0 unspecified atom stereocenters. The Labute approximate surface area is 180 Å². The normalized spacial score (nSPS) is 12.5. The van der Waals surface area contributed by atoms with Gasteiger partial charge in [-0.2, -0.15) is 0 Å². The van der Waals surface area contributed by atoms with E-state index in [4.69, 9.17) is 9.57 Å². The van der Waals surface area contributed by atoms with Crippen LogP contribution in [0.2, 0.25) is 0 Å². The maximum absolute atomic E-state index is 12.0. The number of carbonyl (C=O) groups is 2. The molecular formula is C25H24N2O4. The first-order valence-electron chi connectivity index (χ1n) is 10.1. The predicted octanol–water partition coefficient (Wildman–Crippen LogP) is 5.38. The molecule has 0 saturated heterocycles. The van der Waals surface area contributed by atoms with E-state index in [1.54, 1.807) is 27.7 Å². The molecule has 1 amide bonds. The second-order valence-corrected chi connectivity index (χ2v) is 8.46. The van der Waals surface area contributed by atoms with Gasteiger partial charge in [0.1, 0.15) is 12.1 Å². The first kappa shape index (κ1) is 20.6. The molecule has 6 nitrogen and oxygen atoms in total. The maximum atomic E-state index is 12.0. The summed E-state index contributed by atoms with van der Waals surface area (Å²) in [6, 6.07) is 18.7. The molecule has 1 N–H and O–H groups in total. The second kappa shape index (κ2) is 7.87. The van der Waals surface area contributed by atoms with Crippen molar-refractivity contribution >= 4 is 50.1 Å². The van der Waals surface area contributed by atoms with Gasteiger partial charge in [0, 0.05) is 5.56 Å². The third-order valence-corrected chi connectivity index (χ3v) is 4.98. The first-order valence-corrected chi connectivity index (χ1v) is 10.1. The Morgan fingerprint density at radius 3 is 2.19 bits per heavy atom. The molecule has 0 radical (unpaired) electrons. The molecule has 0 heterocycles. The first-order chi connectivity index (χ1) is 14.7. The van der Waals surface area contributed by atoms with Gasteiger partial charge in [-0.15, -0.1) is 0 Å². The summed E-state index contributed by atoms with van der Waals surface area (Å²) in [4.78, 5) is 28.7. The zero-order chi connectivity index (χ0) is 22.2. The van der Waals surface area contributed by atoms with E-state index >= 15 is 0 Å². The fraction of sp³-hybridized carbons (Fsp3) is 0.240. The van der Waals surface area contributed by atoms with Gasteiger partial charge in [0.25, 0.3) is 0 Å². The maximum Gasteiger partial charge on any atom is 0.408 e. The molecule has 4 aromatic carbocycles. The van der Waals surface area contributed by atoms with Gasteiger partial charge in [-0.1, -0.05) is 59.8 Å². The summed E-state index contributed by atoms with van der Waals surface area (Å²) in [5.74, 6) is -0.678. The monoisotopic (exact) mass is 416 g/mol. The van der Waals surface area contributed by atoms with E-state index < -0.39 is 17.7 Å². The Morgan fingerprint density at radius 2 is 1.52 bits per heavy atom. The van der Waals surface area contributed by atoms with Crippen molar-refractivity contribution in [2.75, 3.05) is 6.54 Å². The zero-order valence-corrected chi connectivity index (χ0v) is 18.0. The average molecular weight is 416 g/mol. The average Bonchev–Trinajstić information content (AvgIpc) is 2.73. The van der Waals surface area contributed by atoms with Crippen LogP contribution >= 0.6 is 0 Å². The molecule has 31 heavy (non-hydrogen) atoms. The summed E-state index contributed by atoms with van der Waals surface area (Å²) in [7, 11) is 0. The van der Waals surface area contributed by atoms with Gasteiger partial charge >= 0.3 is 12.1 Å². The number of hydrogen-bond donors (Lipinski definition) is 1. The largest absolute Gasteiger partial charge is 0.444 e. The van der Waals surface area contributed by atoms with Crippen LogP contribution in [0.3, 0.4) is 0 Å². The smallest absolute Gasteiger partial charge is 0.408 e. The van der Waals surface area contributed by atoms with E-state index in [9.17, 15) is 9.59 Å². The van der Waals surface area contributed by atoms with Crippen LogP contribution in [0.5, 0.6) is 0 Å². The molecule has 0 aliphatic heterocycles. The fourth-order valence-corrected chi connectivity index (χ4v) is 3.71. The van der Waals surface area contributed by atoms with Gasteiger partial charge in [0.2, 0.25) is 0 Å². The summed E-state index contributed by atoms with van der Waals surface area (Å²) in [5.41, 5.74) is 0.819. The number of amides is 1. The number of rotatable bonds is 4. The lowest BCUT2D eigenvalue weighted by atomic mass is 9.91. The molecule has 0 bridgehead atoms. The quantitative estimate of drug-likeness (QED) is 0.210. The number of nitrogens with one attached hydrogen (secondary N) is 1. The summed E-state index contributed by atoms with van der Waals surface area (Å²) in [6.07, 6.45) is -0.683. The Kier molecular flexibility index (Phi) is 5.23. The second-order valence-electron chi connectivity index (χ2n) is 8.46. The summed E-state index contributed by atoms with van der Waals surface area (Å²) >= 11 is 0. The van der Waals surface area contributed by atoms with Crippen LogP contribution in [0.1, 0.15) is 33.3 Å². The van der Waals surface area contributed by atoms with Gasteiger partial charge < -0.3 is 14.9 Å². The zero-order valence-electron chi connectivity index (χ0n) is 18.0. The topological polar surface area (TPSA) is 77.0 Å². The lowest BCUT2D eigenvalue weighted by molar-refractivity contribution is -0.142. The lowest BCUT2D eigenvalue weighted by Gasteiger charge is -2.19. The minimum Gasteiger partial charge on any atom is -0.444 e. The van der Waals surface area contributed by atoms with Gasteiger partial charge in [-0.05, 0) is 60.0 Å². The highest BCUT2D eigenvalue weighted by molar-refractivity contribution is 6.26. The van der Waals surface area contributed by atoms with Crippen molar-refractivity contribution in [3.63, 3.8) is 0 Å². The third-order valence-electron chi connectivity index (χ3n) is 4.98. The van der Waals surface area contributed by atoms with Crippen LogP contribution in [0, 0.1) is 0 Å². The van der Waals surface area contributed by atoms with Gasteiger partial charge in [0.05, 0.1) is 5.71 Å². The summed E-state index contributed by atoms with van der Waals surface area (Å²) in [6.45, 7) is 6.70. The number of hydrogen-bond acceptors (Lipinski definition) is 5. The van der Waals surface area contributed by atoms with E-state index in [1.807, 2.05) is 6.07 Å². The van der Waals surface area contributed by atoms with Crippen LogP contribution < -0.4 is 5.32 Å². The molecule has 0 aliphatic carbocycles. The molecule has 0 aliphatic rings. The number of alkyl carbamates (subject to hydrolysis) is 1. The Hall–Kier alpha value is -3.67. The van der Waals surface area contributed by atoms with Crippen LogP contribution in [0.15, 0.2) is 59.8 Å². The van der Waals surface area contributed by atoms with E-state index in [2.05, 4.69) is 59.0 Å². The summed E-state index contributed by atoms with van der Waals surface area (Å²) in [5, 5.41) is 13.3. The van der Waals surface area contributed by atoms with Crippen molar-refractivity contribution in [1.82, 2.24) is 5.32 Å². The van der Waals surface area contributed by atoms with Crippen molar-refractivity contribution in [2.24, 2.45) is 5.16 Å². The number of ether oxygens (including phenoxy) is 1. The van der Waals surface area contributed by atoms with Gasteiger partial charge in [-0.25, -0.2) is 9.59 Å². The predicted molar refractivity (Wildman–Crippen MR) is 123 cm³/mol. The molecule has 0 spiro atoms. The minimum absolute atomic E-state index is 0.329. The summed E-state index contributed by atoms with van der Waals surface area (Å²) < 4.78 is 5.09. The van der Waals surface area contributed by atoms with E-state index in [0.29, 0.717) is 5.71 Å². The van der Waals surface area contributed by atoms with Gasteiger partial charge in [0.15, 0.2) is 0 Å². The molecule has 0 aromatic heterocycles. The molecule has 158 valence electrons. The van der Waals surface area contributed by atoms with Crippen LogP contribution in [0.25, 0.3) is 32.3 Å². The third kappa shape index (κ3) is 4.28. The van der Waals surface area contributed by atoms with Crippen LogP contribution in [0.4, 0.5) is 4.79 Å². The van der Waals surface area contributed by atoms with Crippen molar-refractivity contribution in [2.45, 2.75) is 33.3 Å². The SMILES string of the molecule is C/C(=N\OC(=O)CNC(=O)OC(C)(C)C)c1ccc2ccc3cccc4ccc1c2c34.